The van der Waals surface area contributed by atoms with Gasteiger partial charge in [-0.3, -0.25) is 0 Å². The lowest BCUT2D eigenvalue weighted by molar-refractivity contribution is 0.311. The Kier molecular flexibility index (Phi) is 6.49. The van der Waals surface area contributed by atoms with Crippen molar-refractivity contribution >= 4 is 32.1 Å². The summed E-state index contributed by atoms with van der Waals surface area (Å²) in [6.45, 7) is 21.7. The third-order valence-electron chi connectivity index (χ3n) is 4.19. The highest BCUT2D eigenvalue weighted by Crippen LogP contribution is 2.42. The lowest BCUT2D eigenvalue weighted by Crippen LogP contribution is -2.72. The molecule has 2 nitrogen and oxygen atoms in total. The van der Waals surface area contributed by atoms with Crippen LogP contribution in [0, 0.1) is 0 Å². The Hall–Kier alpha value is 0.00753. The van der Waals surface area contributed by atoms with E-state index in [2.05, 4.69) is 89.3 Å². The summed E-state index contributed by atoms with van der Waals surface area (Å²) in [6.07, 6.45) is 0. The third-order valence-corrected chi connectivity index (χ3v) is 27.0. The zero-order chi connectivity index (χ0) is 18.1. The van der Waals surface area contributed by atoms with Crippen molar-refractivity contribution in [2.24, 2.45) is 0 Å². The topological polar surface area (TPSA) is 18.5 Å². The lowest BCUT2D eigenvalue weighted by atomic mass is 10.2. The highest BCUT2D eigenvalue weighted by atomic mass is 29.3. The molecular weight excluding hydrogens is 349 g/mol. The van der Waals surface area contributed by atoms with Crippen LogP contribution < -0.4 is 0 Å². The van der Waals surface area contributed by atoms with Gasteiger partial charge in [-0.25, -0.2) is 0 Å². The van der Waals surface area contributed by atoms with E-state index in [4.69, 9.17) is 8.54 Å². The average Bonchev–Trinajstić information content (AvgIpc) is 2.34. The van der Waals surface area contributed by atoms with Crippen LogP contribution >= 0.6 is 0 Å². The van der Waals surface area contributed by atoms with E-state index in [9.17, 15) is 0 Å². The molecule has 1 aromatic carbocycles. The molecule has 0 aromatic heterocycles. The fraction of sp³-hybridized carbons (Fsp3) is 0.647. The van der Waals surface area contributed by atoms with Gasteiger partial charge in [-0.15, -0.1) is 0 Å². The van der Waals surface area contributed by atoms with Crippen LogP contribution in [0.25, 0.3) is 0 Å². The van der Waals surface area contributed by atoms with Crippen molar-refractivity contribution in [3.63, 3.8) is 0 Å². The summed E-state index contributed by atoms with van der Waals surface area (Å²) < 4.78 is 13.5. The molecule has 0 saturated carbocycles. The minimum absolute atomic E-state index is 0.472. The Labute approximate surface area is 147 Å². The molecule has 0 heterocycles. The molecule has 23 heavy (non-hydrogen) atoms. The second kappa shape index (κ2) is 7.09. The number of hydrogen-bond donors (Lipinski definition) is 0. The zero-order valence-corrected chi connectivity index (χ0v) is 20.8. The Bertz CT molecular complexity index is 500. The van der Waals surface area contributed by atoms with Gasteiger partial charge in [-0.05, 0) is 25.2 Å². The molecule has 2 unspecified atom stereocenters. The molecule has 0 N–H and O–H groups in total. The third kappa shape index (κ3) is 4.99. The first kappa shape index (κ1) is 21.1. The van der Waals surface area contributed by atoms with Crippen LogP contribution in [0.15, 0.2) is 30.3 Å². The Balaban J connectivity index is 3.63. The van der Waals surface area contributed by atoms with E-state index >= 15 is 0 Å². The van der Waals surface area contributed by atoms with E-state index in [0.717, 1.165) is 0 Å². The summed E-state index contributed by atoms with van der Waals surface area (Å²) >= 11 is 0. The molecule has 6 heteroatoms. The predicted octanol–water partition coefficient (Wildman–Crippen LogP) is 5.54. The molecule has 0 fully saturated rings. The van der Waals surface area contributed by atoms with Gasteiger partial charge in [-0.2, -0.15) is 0 Å². The molecule has 0 aliphatic heterocycles. The van der Waals surface area contributed by atoms with E-state index in [1.165, 1.54) is 5.56 Å². The van der Waals surface area contributed by atoms with Crippen molar-refractivity contribution in [1.29, 1.82) is 0 Å². The monoisotopic (exact) mass is 384 g/mol. The normalized spacial score (nSPS) is 17.7. The highest BCUT2D eigenvalue weighted by Gasteiger charge is 2.60. The molecule has 0 aliphatic rings. The van der Waals surface area contributed by atoms with Crippen molar-refractivity contribution in [3.8, 4) is 0 Å². The quantitative estimate of drug-likeness (QED) is 0.574. The maximum atomic E-state index is 7.03. The van der Waals surface area contributed by atoms with Crippen molar-refractivity contribution in [2.75, 3.05) is 7.11 Å². The summed E-state index contributed by atoms with van der Waals surface area (Å²) in [5, 5.41) is 0.472. The molecule has 0 saturated heterocycles. The van der Waals surface area contributed by atoms with Crippen LogP contribution in [0.4, 0.5) is 0 Å². The van der Waals surface area contributed by atoms with Crippen LogP contribution in [-0.4, -0.2) is 39.2 Å². The van der Waals surface area contributed by atoms with E-state index in [0.29, 0.717) is 5.16 Å². The first-order chi connectivity index (χ1) is 10.2. The maximum Gasteiger partial charge on any atom is 0.310 e. The van der Waals surface area contributed by atoms with Crippen LogP contribution in [0.3, 0.4) is 0 Å². The average molecular weight is 385 g/mol. The first-order valence-corrected chi connectivity index (χ1v) is 21.9. The highest BCUT2D eigenvalue weighted by molar-refractivity contribution is 7.40. The smallest absolute Gasteiger partial charge is 0.310 e. The van der Waals surface area contributed by atoms with Gasteiger partial charge in [-0.1, -0.05) is 69.6 Å². The number of hydrogen-bond acceptors (Lipinski definition) is 2. The fourth-order valence-corrected chi connectivity index (χ4v) is 36.4. The molecule has 0 radical (unpaired) electrons. The molecule has 1 rings (SSSR count). The van der Waals surface area contributed by atoms with Crippen LogP contribution in [0.1, 0.15) is 10.7 Å². The summed E-state index contributed by atoms with van der Waals surface area (Å²) in [7, 11) is -5.30. The molecular formula is C17H36O2Si4. The summed E-state index contributed by atoms with van der Waals surface area (Å²) in [6, 6.07) is 11.0. The van der Waals surface area contributed by atoms with Gasteiger partial charge in [0.25, 0.3) is 0 Å². The molecule has 0 spiro atoms. The van der Waals surface area contributed by atoms with Crippen molar-refractivity contribution in [1.82, 2.24) is 0 Å². The van der Waals surface area contributed by atoms with Crippen LogP contribution in [0.2, 0.25) is 58.9 Å². The molecule has 2 atom stereocenters. The van der Waals surface area contributed by atoms with Gasteiger partial charge in [0.15, 0.2) is 8.32 Å². The van der Waals surface area contributed by atoms with Gasteiger partial charge < -0.3 is 8.54 Å². The Morgan fingerprint density at radius 2 is 1.26 bits per heavy atom. The van der Waals surface area contributed by atoms with E-state index in [1.54, 1.807) is 0 Å². The SMILES string of the molecule is CO[Si](O[Si](C)(C)C)(C(c1ccccc1)[Si](C)(C)C)[Si](C)(C)C. The summed E-state index contributed by atoms with van der Waals surface area (Å²) in [5.74, 6) is 0. The summed E-state index contributed by atoms with van der Waals surface area (Å²) in [4.78, 5) is 0. The Morgan fingerprint density at radius 1 is 0.783 bits per heavy atom. The lowest BCUT2D eigenvalue weighted by Gasteiger charge is -2.51. The van der Waals surface area contributed by atoms with E-state index in [1.807, 2.05) is 7.11 Å². The molecule has 1 aromatic rings. The second-order valence-electron chi connectivity index (χ2n) is 9.55. The minimum atomic E-state index is -2.35. The predicted molar refractivity (Wildman–Crippen MR) is 113 cm³/mol. The Morgan fingerprint density at radius 3 is 1.57 bits per heavy atom. The second-order valence-corrected chi connectivity index (χ2v) is 33.9. The van der Waals surface area contributed by atoms with Crippen molar-refractivity contribution < 1.29 is 8.54 Å². The van der Waals surface area contributed by atoms with Crippen LogP contribution in [0.5, 0.6) is 0 Å². The van der Waals surface area contributed by atoms with Crippen LogP contribution in [-0.2, 0) is 8.54 Å². The largest absolute Gasteiger partial charge is 0.438 e. The van der Waals surface area contributed by atoms with Gasteiger partial charge in [0.2, 0.25) is 0 Å². The van der Waals surface area contributed by atoms with Gasteiger partial charge in [0, 0.05) is 12.3 Å². The zero-order valence-electron chi connectivity index (χ0n) is 16.8. The van der Waals surface area contributed by atoms with Gasteiger partial charge in [0.1, 0.15) is 7.59 Å². The van der Waals surface area contributed by atoms with E-state index < -0.39 is 32.1 Å². The molecule has 0 amide bonds. The molecule has 0 bridgehead atoms. The van der Waals surface area contributed by atoms with E-state index in [-0.39, 0.29) is 0 Å². The van der Waals surface area contributed by atoms with Crippen molar-refractivity contribution in [2.45, 2.75) is 64.1 Å². The number of rotatable bonds is 7. The maximum absolute atomic E-state index is 7.03. The van der Waals surface area contributed by atoms with Gasteiger partial charge >= 0.3 is 8.08 Å². The standard InChI is InChI=1S/C17H36O2Si4/c1-18-23(22(8,9)10,19-21(5,6)7)17(20(2,3)4)16-14-12-11-13-15-16/h11-15,17H,1-10H3. The fourth-order valence-electron chi connectivity index (χ4n) is 3.50. The first-order valence-electron chi connectivity index (χ1n) is 8.55. The number of benzene rings is 1. The molecule has 132 valence electrons. The molecule has 0 aliphatic carbocycles. The minimum Gasteiger partial charge on any atom is -0.438 e. The van der Waals surface area contributed by atoms with Crippen molar-refractivity contribution in [3.05, 3.63) is 35.9 Å². The summed E-state index contributed by atoms with van der Waals surface area (Å²) in [5.41, 5.74) is 1.43. The van der Waals surface area contributed by atoms with Gasteiger partial charge in [0.05, 0.1) is 8.07 Å².